The van der Waals surface area contributed by atoms with Crippen molar-refractivity contribution in [2.24, 2.45) is 5.41 Å². The Morgan fingerprint density at radius 2 is 1.50 bits per heavy atom. The van der Waals surface area contributed by atoms with E-state index in [2.05, 4.69) is 32.5 Å². The van der Waals surface area contributed by atoms with Crippen LogP contribution in [0.25, 0.3) is 0 Å². The second-order valence-electron chi connectivity index (χ2n) is 8.21. The molecule has 143 valence electrons. The van der Waals surface area contributed by atoms with Crippen molar-refractivity contribution >= 4 is 0 Å². The second-order valence-corrected chi connectivity index (χ2v) is 8.21. The Balaban J connectivity index is 1.88. The first-order valence-corrected chi connectivity index (χ1v) is 10.3. The first kappa shape index (κ1) is 21.9. The van der Waals surface area contributed by atoms with Crippen LogP contribution in [0.1, 0.15) is 91.4 Å². The van der Waals surface area contributed by atoms with Gasteiger partial charge >= 0.3 is 0 Å². The summed E-state index contributed by atoms with van der Waals surface area (Å²) in [5.41, 5.74) is 0.316. The maximum absolute atomic E-state index is 5.33. The van der Waals surface area contributed by atoms with Gasteiger partial charge in [0.25, 0.3) is 0 Å². The van der Waals surface area contributed by atoms with Crippen molar-refractivity contribution in [3.8, 4) is 0 Å². The molecule has 3 nitrogen and oxygen atoms in total. The molecule has 3 heteroatoms. The van der Waals surface area contributed by atoms with E-state index in [4.69, 9.17) is 9.47 Å². The molecule has 0 amide bonds. The molecular weight excluding hydrogens is 298 g/mol. The van der Waals surface area contributed by atoms with Gasteiger partial charge in [-0.3, -0.25) is 0 Å². The molecular formula is C21H42NO2. The van der Waals surface area contributed by atoms with E-state index in [1.165, 1.54) is 70.6 Å². The van der Waals surface area contributed by atoms with Crippen LogP contribution in [0.15, 0.2) is 0 Å². The predicted octanol–water partition coefficient (Wildman–Crippen LogP) is 5.49. The van der Waals surface area contributed by atoms with Crippen molar-refractivity contribution in [2.45, 2.75) is 97.4 Å². The quantitative estimate of drug-likeness (QED) is 0.400. The minimum atomic E-state index is 0.316. The number of hydrogen-bond donors (Lipinski definition) is 1. The van der Waals surface area contributed by atoms with E-state index >= 15 is 0 Å². The number of ether oxygens (including phenoxy) is 2. The highest BCUT2D eigenvalue weighted by atomic mass is 16.7. The molecule has 0 atom stereocenters. The van der Waals surface area contributed by atoms with Gasteiger partial charge in [0.15, 0.2) is 0 Å². The molecule has 0 aromatic rings. The molecule has 0 aromatic carbocycles. The maximum Gasteiger partial charge on any atom is 0.146 e. The summed E-state index contributed by atoms with van der Waals surface area (Å²) in [5.74, 6) is 0. The summed E-state index contributed by atoms with van der Waals surface area (Å²) in [6, 6.07) is 0.357. The van der Waals surface area contributed by atoms with Crippen LogP contribution >= 0.6 is 0 Å². The van der Waals surface area contributed by atoms with Crippen LogP contribution < -0.4 is 5.32 Å². The van der Waals surface area contributed by atoms with Gasteiger partial charge in [0.1, 0.15) is 6.79 Å². The fourth-order valence-electron chi connectivity index (χ4n) is 3.19. The second kappa shape index (κ2) is 14.1. The topological polar surface area (TPSA) is 30.5 Å². The van der Waals surface area contributed by atoms with Crippen molar-refractivity contribution in [3.05, 3.63) is 6.42 Å². The van der Waals surface area contributed by atoms with Crippen LogP contribution in [0.3, 0.4) is 0 Å². The molecule has 0 aliphatic carbocycles. The van der Waals surface area contributed by atoms with E-state index < -0.39 is 0 Å². The third kappa shape index (κ3) is 12.3. The van der Waals surface area contributed by atoms with Crippen molar-refractivity contribution in [2.75, 3.05) is 26.6 Å². The molecule has 1 saturated heterocycles. The lowest BCUT2D eigenvalue weighted by molar-refractivity contribution is -0.113. The molecule has 1 aliphatic heterocycles. The van der Waals surface area contributed by atoms with Gasteiger partial charge in [0.05, 0.1) is 19.3 Å². The molecule has 24 heavy (non-hydrogen) atoms. The molecule has 0 saturated carbocycles. The van der Waals surface area contributed by atoms with E-state index in [1.807, 2.05) is 0 Å². The third-order valence-corrected chi connectivity index (χ3v) is 4.88. The van der Waals surface area contributed by atoms with Crippen LogP contribution in [-0.4, -0.2) is 32.6 Å². The molecule has 1 radical (unpaired) electrons. The van der Waals surface area contributed by atoms with E-state index in [0.29, 0.717) is 18.2 Å². The average Bonchev–Trinajstić information content (AvgIpc) is 2.59. The van der Waals surface area contributed by atoms with E-state index in [9.17, 15) is 0 Å². The number of rotatable bonds is 15. The zero-order valence-electron chi connectivity index (χ0n) is 16.6. The minimum absolute atomic E-state index is 0.316. The van der Waals surface area contributed by atoms with Crippen molar-refractivity contribution < 1.29 is 9.47 Å². The fraction of sp³-hybridized carbons (Fsp3) is 0.952. The molecule has 0 aromatic heterocycles. The van der Waals surface area contributed by atoms with Crippen LogP contribution in [0, 0.1) is 11.8 Å². The number of hydrogen-bond acceptors (Lipinski definition) is 3. The zero-order chi connectivity index (χ0) is 17.5. The highest BCUT2D eigenvalue weighted by Crippen LogP contribution is 2.23. The first-order chi connectivity index (χ1) is 11.6. The molecule has 1 N–H and O–H groups in total. The Hall–Kier alpha value is -0.120. The van der Waals surface area contributed by atoms with Crippen LogP contribution in [-0.2, 0) is 9.47 Å². The lowest BCUT2D eigenvalue weighted by atomic mass is 9.86. The highest BCUT2D eigenvalue weighted by Gasteiger charge is 2.21. The minimum Gasteiger partial charge on any atom is -0.354 e. The van der Waals surface area contributed by atoms with Gasteiger partial charge in [-0.25, -0.2) is 0 Å². The Morgan fingerprint density at radius 3 is 2.12 bits per heavy atom. The van der Waals surface area contributed by atoms with Gasteiger partial charge in [0.2, 0.25) is 0 Å². The molecule has 1 fully saturated rings. The lowest BCUT2D eigenvalue weighted by Gasteiger charge is -2.30. The Labute approximate surface area is 151 Å². The van der Waals surface area contributed by atoms with E-state index in [1.54, 1.807) is 0 Å². The van der Waals surface area contributed by atoms with Crippen LogP contribution in [0.4, 0.5) is 0 Å². The smallest absolute Gasteiger partial charge is 0.146 e. The summed E-state index contributed by atoms with van der Waals surface area (Å²) >= 11 is 0. The monoisotopic (exact) mass is 340 g/mol. The van der Waals surface area contributed by atoms with Crippen LogP contribution in [0.2, 0.25) is 0 Å². The molecule has 0 bridgehead atoms. The summed E-state index contributed by atoms with van der Waals surface area (Å²) in [4.78, 5) is 0. The standard InChI is InChI=1S/C21H42NO2/c1-4-5-6-7-8-9-10-11-12-13-14-15-21(2,3)18-22-20-16-23-19-24-17-20/h14,20,22H,4-13,15-19H2,1-3H3. The fourth-order valence-corrected chi connectivity index (χ4v) is 3.19. The Bertz CT molecular complexity index is 275. The van der Waals surface area contributed by atoms with Gasteiger partial charge < -0.3 is 14.8 Å². The predicted molar refractivity (Wildman–Crippen MR) is 103 cm³/mol. The average molecular weight is 341 g/mol. The van der Waals surface area contributed by atoms with Gasteiger partial charge in [0, 0.05) is 6.54 Å². The van der Waals surface area contributed by atoms with Gasteiger partial charge in [-0.05, 0) is 18.3 Å². The van der Waals surface area contributed by atoms with E-state index in [-0.39, 0.29) is 0 Å². The molecule has 1 rings (SSSR count). The van der Waals surface area contributed by atoms with Gasteiger partial charge in [-0.1, -0.05) is 85.0 Å². The number of unbranched alkanes of at least 4 members (excludes halogenated alkanes) is 10. The Morgan fingerprint density at radius 1 is 0.917 bits per heavy atom. The summed E-state index contributed by atoms with van der Waals surface area (Å²) in [7, 11) is 0. The summed E-state index contributed by atoms with van der Waals surface area (Å²) < 4.78 is 10.7. The highest BCUT2D eigenvalue weighted by molar-refractivity contribution is 4.81. The third-order valence-electron chi connectivity index (χ3n) is 4.88. The molecule has 0 unspecified atom stereocenters. The largest absolute Gasteiger partial charge is 0.354 e. The summed E-state index contributed by atoms with van der Waals surface area (Å²) in [6.07, 6.45) is 17.7. The molecule has 1 heterocycles. The lowest BCUT2D eigenvalue weighted by Crippen LogP contribution is -2.45. The molecule has 0 spiro atoms. The van der Waals surface area contributed by atoms with E-state index in [0.717, 1.165) is 19.8 Å². The number of nitrogens with one attached hydrogen (secondary N) is 1. The summed E-state index contributed by atoms with van der Waals surface area (Å²) in [6.45, 7) is 10.0. The summed E-state index contributed by atoms with van der Waals surface area (Å²) in [5, 5.41) is 3.58. The Kier molecular flexibility index (Phi) is 12.9. The molecule has 1 aliphatic rings. The van der Waals surface area contributed by atoms with Crippen LogP contribution in [0.5, 0.6) is 0 Å². The zero-order valence-corrected chi connectivity index (χ0v) is 16.6. The van der Waals surface area contributed by atoms with Gasteiger partial charge in [-0.15, -0.1) is 0 Å². The first-order valence-electron chi connectivity index (χ1n) is 10.3. The normalized spacial score (nSPS) is 16.6. The SMILES string of the molecule is CCCCCCCCCCC[CH]CC(C)(C)CNC1COCOC1. The van der Waals surface area contributed by atoms with Crippen molar-refractivity contribution in [1.29, 1.82) is 0 Å². The van der Waals surface area contributed by atoms with Gasteiger partial charge in [-0.2, -0.15) is 0 Å². The maximum atomic E-state index is 5.33. The van der Waals surface area contributed by atoms with Crippen molar-refractivity contribution in [3.63, 3.8) is 0 Å². The van der Waals surface area contributed by atoms with Crippen molar-refractivity contribution in [1.82, 2.24) is 5.32 Å².